The molecule has 1 amide bonds. The quantitative estimate of drug-likeness (QED) is 0.692. The van der Waals surface area contributed by atoms with Crippen LogP contribution in [0.15, 0.2) is 39.9 Å². The van der Waals surface area contributed by atoms with E-state index in [0.29, 0.717) is 22.1 Å². The fourth-order valence-electron chi connectivity index (χ4n) is 1.89. The summed E-state index contributed by atoms with van der Waals surface area (Å²) in [5, 5.41) is 4.44. The Morgan fingerprint density at radius 3 is 2.60 bits per heavy atom. The van der Waals surface area contributed by atoms with Crippen LogP contribution in [-0.4, -0.2) is 11.6 Å². The van der Waals surface area contributed by atoms with E-state index < -0.39 is 0 Å². The number of hydrogen-bond donors (Lipinski definition) is 1. The van der Waals surface area contributed by atoms with Crippen molar-refractivity contribution in [3.63, 3.8) is 0 Å². The molecule has 4 nitrogen and oxygen atoms in total. The zero-order valence-corrected chi connectivity index (χ0v) is 12.3. The molecule has 0 bridgehead atoms. The first-order valence-corrected chi connectivity index (χ1v) is 6.53. The highest BCUT2D eigenvalue weighted by molar-refractivity contribution is 6.33. The highest BCUT2D eigenvalue weighted by Crippen LogP contribution is 2.16. The van der Waals surface area contributed by atoms with Crippen LogP contribution < -0.4 is 5.43 Å². The zero-order valence-electron chi connectivity index (χ0n) is 11.5. The van der Waals surface area contributed by atoms with Crippen molar-refractivity contribution in [2.24, 2.45) is 5.10 Å². The van der Waals surface area contributed by atoms with Crippen LogP contribution in [0, 0.1) is 13.8 Å². The minimum absolute atomic E-state index is 0.351. The molecule has 1 heterocycles. The van der Waals surface area contributed by atoms with Gasteiger partial charge in [-0.25, -0.2) is 5.43 Å². The number of amides is 1. The van der Waals surface area contributed by atoms with Crippen molar-refractivity contribution < 1.29 is 9.21 Å². The normalized spacial score (nSPS) is 11.5. The molecule has 0 radical (unpaired) electrons. The SMILES string of the molecule is C/C(=N\NC(=O)c1ccccc1Cl)c1oc(C)cc1C. The number of furan rings is 1. The van der Waals surface area contributed by atoms with Crippen molar-refractivity contribution in [2.75, 3.05) is 0 Å². The minimum Gasteiger partial charge on any atom is -0.460 e. The molecule has 0 unspecified atom stereocenters. The number of hydrazone groups is 1. The Kier molecular flexibility index (Phi) is 4.25. The fraction of sp³-hybridized carbons (Fsp3) is 0.200. The zero-order chi connectivity index (χ0) is 14.7. The van der Waals surface area contributed by atoms with Gasteiger partial charge in [0.15, 0.2) is 5.76 Å². The Balaban J connectivity index is 2.15. The first-order valence-electron chi connectivity index (χ1n) is 6.15. The molecule has 104 valence electrons. The molecule has 2 aromatic rings. The molecule has 0 aliphatic carbocycles. The predicted octanol–water partition coefficient (Wildman–Crippen LogP) is 3.70. The maximum atomic E-state index is 12.0. The van der Waals surface area contributed by atoms with Gasteiger partial charge in [0.05, 0.1) is 10.6 Å². The van der Waals surface area contributed by atoms with Crippen LogP contribution in [0.25, 0.3) is 0 Å². The van der Waals surface area contributed by atoms with Crippen LogP contribution in [0.1, 0.15) is 34.4 Å². The average molecular weight is 291 g/mol. The smallest absolute Gasteiger partial charge is 0.272 e. The molecule has 0 atom stereocenters. The Morgan fingerprint density at radius 1 is 1.30 bits per heavy atom. The van der Waals surface area contributed by atoms with E-state index in [-0.39, 0.29) is 5.91 Å². The summed E-state index contributed by atoms with van der Waals surface area (Å²) >= 11 is 5.95. The molecule has 1 aromatic carbocycles. The summed E-state index contributed by atoms with van der Waals surface area (Å²) in [6, 6.07) is 8.74. The molecule has 1 aromatic heterocycles. The Hall–Kier alpha value is -2.07. The first-order chi connectivity index (χ1) is 9.49. The van der Waals surface area contributed by atoms with Crippen molar-refractivity contribution in [1.29, 1.82) is 0 Å². The van der Waals surface area contributed by atoms with E-state index in [0.717, 1.165) is 11.3 Å². The third-order valence-electron chi connectivity index (χ3n) is 2.81. The standard InChI is InChI=1S/C15H15ClN2O2/c1-9-8-10(2)20-14(9)11(3)17-18-15(19)12-6-4-5-7-13(12)16/h4-8H,1-3H3,(H,18,19)/b17-11+. The molecule has 1 N–H and O–H groups in total. The van der Waals surface area contributed by atoms with Gasteiger partial charge in [0.1, 0.15) is 11.5 Å². The van der Waals surface area contributed by atoms with E-state index in [2.05, 4.69) is 10.5 Å². The molecule has 5 heteroatoms. The van der Waals surface area contributed by atoms with Gasteiger partial charge >= 0.3 is 0 Å². The van der Waals surface area contributed by atoms with Gasteiger partial charge in [0.25, 0.3) is 5.91 Å². The van der Waals surface area contributed by atoms with Crippen molar-refractivity contribution >= 4 is 23.2 Å². The van der Waals surface area contributed by atoms with E-state index in [9.17, 15) is 4.79 Å². The highest BCUT2D eigenvalue weighted by Gasteiger charge is 2.11. The maximum absolute atomic E-state index is 12.0. The summed E-state index contributed by atoms with van der Waals surface area (Å²) < 4.78 is 5.53. The molecular weight excluding hydrogens is 276 g/mol. The summed E-state index contributed by atoms with van der Waals surface area (Å²) in [6.07, 6.45) is 0. The number of carbonyl (C=O) groups is 1. The second kappa shape index (κ2) is 5.92. The fourth-order valence-corrected chi connectivity index (χ4v) is 2.11. The van der Waals surface area contributed by atoms with Crippen LogP contribution in [0.4, 0.5) is 0 Å². The minimum atomic E-state index is -0.351. The van der Waals surface area contributed by atoms with Crippen molar-refractivity contribution in [2.45, 2.75) is 20.8 Å². The Bertz CT molecular complexity index is 674. The summed E-state index contributed by atoms with van der Waals surface area (Å²) in [7, 11) is 0. The summed E-state index contributed by atoms with van der Waals surface area (Å²) in [5.74, 6) is 1.13. The first kappa shape index (κ1) is 14.3. The number of carbonyl (C=O) groups excluding carboxylic acids is 1. The number of rotatable bonds is 3. The van der Waals surface area contributed by atoms with E-state index >= 15 is 0 Å². The maximum Gasteiger partial charge on any atom is 0.272 e. The van der Waals surface area contributed by atoms with E-state index in [1.54, 1.807) is 31.2 Å². The van der Waals surface area contributed by atoms with Gasteiger partial charge in [-0.05, 0) is 44.5 Å². The van der Waals surface area contributed by atoms with Crippen molar-refractivity contribution in [3.8, 4) is 0 Å². The average Bonchev–Trinajstić information content (AvgIpc) is 2.75. The molecule has 0 spiro atoms. The van der Waals surface area contributed by atoms with Gasteiger partial charge < -0.3 is 4.42 Å². The lowest BCUT2D eigenvalue weighted by Gasteiger charge is -2.03. The van der Waals surface area contributed by atoms with E-state index in [4.69, 9.17) is 16.0 Å². The highest BCUT2D eigenvalue weighted by atomic mass is 35.5. The molecule has 0 saturated heterocycles. The van der Waals surface area contributed by atoms with Gasteiger partial charge in [-0.3, -0.25) is 4.79 Å². The van der Waals surface area contributed by atoms with Crippen molar-refractivity contribution in [1.82, 2.24) is 5.43 Å². The van der Waals surface area contributed by atoms with E-state index in [1.165, 1.54) is 0 Å². The lowest BCUT2D eigenvalue weighted by atomic mass is 10.2. The van der Waals surface area contributed by atoms with Gasteiger partial charge in [-0.15, -0.1) is 0 Å². The molecule has 0 saturated carbocycles. The Morgan fingerprint density at radius 2 is 2.00 bits per heavy atom. The lowest BCUT2D eigenvalue weighted by molar-refractivity contribution is 0.0955. The number of benzene rings is 1. The van der Waals surface area contributed by atoms with Gasteiger partial charge in [-0.1, -0.05) is 23.7 Å². The van der Waals surface area contributed by atoms with Crippen LogP contribution in [0.3, 0.4) is 0 Å². The van der Waals surface area contributed by atoms with Crippen LogP contribution in [0.5, 0.6) is 0 Å². The molecule has 0 aliphatic heterocycles. The number of halogens is 1. The predicted molar refractivity (Wildman–Crippen MR) is 79.3 cm³/mol. The van der Waals surface area contributed by atoms with Crippen LogP contribution in [-0.2, 0) is 0 Å². The summed E-state index contributed by atoms with van der Waals surface area (Å²) in [6.45, 7) is 5.57. The number of nitrogens with one attached hydrogen (secondary N) is 1. The van der Waals surface area contributed by atoms with Crippen LogP contribution in [0.2, 0.25) is 5.02 Å². The lowest BCUT2D eigenvalue weighted by Crippen LogP contribution is -2.19. The molecule has 0 aliphatic rings. The van der Waals surface area contributed by atoms with Gasteiger partial charge in [0.2, 0.25) is 0 Å². The number of hydrogen-bond acceptors (Lipinski definition) is 3. The van der Waals surface area contributed by atoms with Crippen molar-refractivity contribution in [3.05, 3.63) is 58.0 Å². The molecule has 2 rings (SSSR count). The topological polar surface area (TPSA) is 54.6 Å². The molecular formula is C15H15ClN2O2. The largest absolute Gasteiger partial charge is 0.460 e. The van der Waals surface area contributed by atoms with Crippen LogP contribution >= 0.6 is 11.6 Å². The molecule has 0 fully saturated rings. The van der Waals surface area contributed by atoms with E-state index in [1.807, 2.05) is 19.9 Å². The van der Waals surface area contributed by atoms with Gasteiger partial charge in [0, 0.05) is 0 Å². The van der Waals surface area contributed by atoms with Gasteiger partial charge in [-0.2, -0.15) is 5.10 Å². The Labute approximate surface area is 122 Å². The number of nitrogens with zero attached hydrogens (tertiary/aromatic N) is 1. The second-order valence-electron chi connectivity index (χ2n) is 4.49. The summed E-state index contributed by atoms with van der Waals surface area (Å²) in [4.78, 5) is 12.0. The third-order valence-corrected chi connectivity index (χ3v) is 3.14. The monoisotopic (exact) mass is 290 g/mol. The molecule has 20 heavy (non-hydrogen) atoms. The second-order valence-corrected chi connectivity index (χ2v) is 4.89. The third kappa shape index (κ3) is 3.08. The summed E-state index contributed by atoms with van der Waals surface area (Å²) in [5.41, 5.74) is 4.46. The number of aryl methyl sites for hydroxylation is 2.